The van der Waals surface area contributed by atoms with Crippen LogP contribution in [0.5, 0.6) is 0 Å². The Labute approximate surface area is 182 Å². The maximum Gasteiger partial charge on any atom is 0.410 e. The number of nitrogens with zero attached hydrogens (tertiary/aromatic N) is 3. The highest BCUT2D eigenvalue weighted by Crippen LogP contribution is 2.22. The van der Waals surface area contributed by atoms with Gasteiger partial charge in [-0.05, 0) is 57.8 Å². The van der Waals surface area contributed by atoms with Crippen LogP contribution >= 0.6 is 24.0 Å². The number of guanidine groups is 1. The molecule has 1 N–H and O–H groups in total. The first-order valence-electron chi connectivity index (χ1n) is 10.1. The van der Waals surface area contributed by atoms with Gasteiger partial charge in [-0.1, -0.05) is 13.8 Å². The zero-order valence-corrected chi connectivity index (χ0v) is 20.3. The van der Waals surface area contributed by atoms with Crippen LogP contribution in [0.3, 0.4) is 0 Å². The van der Waals surface area contributed by atoms with Crippen molar-refractivity contribution in [3.63, 3.8) is 0 Å². The lowest BCUT2D eigenvalue weighted by Gasteiger charge is -2.38. The van der Waals surface area contributed by atoms with Crippen molar-refractivity contribution in [2.75, 3.05) is 39.8 Å². The Kier molecular flexibility index (Phi) is 9.65. The molecule has 0 aromatic rings. The van der Waals surface area contributed by atoms with E-state index in [0.717, 1.165) is 63.4 Å². The normalized spacial score (nSPS) is 25.0. The molecule has 2 saturated heterocycles. The van der Waals surface area contributed by atoms with Crippen LogP contribution in [0.4, 0.5) is 4.79 Å². The van der Waals surface area contributed by atoms with E-state index >= 15 is 0 Å². The van der Waals surface area contributed by atoms with E-state index in [-0.39, 0.29) is 30.1 Å². The standard InChI is InChI=1S/C20H38N4O2.HI/c1-15-11-16(2)14-24(13-15)18(21-6)22-12-17-7-9-23(10-8-17)19(25)26-20(3,4)5;/h15-17H,7-14H2,1-6H3,(H,21,22);1H. The van der Waals surface area contributed by atoms with E-state index < -0.39 is 5.60 Å². The van der Waals surface area contributed by atoms with E-state index in [4.69, 9.17) is 4.74 Å². The number of halogens is 1. The molecule has 2 rings (SSSR count). The molecule has 2 heterocycles. The molecule has 2 unspecified atom stereocenters. The second kappa shape index (κ2) is 10.7. The van der Waals surface area contributed by atoms with Crippen LogP contribution in [-0.4, -0.2) is 67.2 Å². The van der Waals surface area contributed by atoms with Gasteiger partial charge >= 0.3 is 6.09 Å². The molecule has 7 heteroatoms. The van der Waals surface area contributed by atoms with E-state index in [1.165, 1.54) is 6.42 Å². The molecule has 0 aromatic heterocycles. The summed E-state index contributed by atoms with van der Waals surface area (Å²) in [4.78, 5) is 20.9. The molecule has 2 atom stereocenters. The minimum atomic E-state index is -0.426. The van der Waals surface area contributed by atoms with Gasteiger partial charge in [-0.25, -0.2) is 4.79 Å². The molecular weight excluding hydrogens is 455 g/mol. The minimum Gasteiger partial charge on any atom is -0.444 e. The largest absolute Gasteiger partial charge is 0.444 e. The molecule has 0 aromatic carbocycles. The topological polar surface area (TPSA) is 57.2 Å². The van der Waals surface area contributed by atoms with Gasteiger partial charge in [0.1, 0.15) is 5.60 Å². The quantitative estimate of drug-likeness (QED) is 0.361. The van der Waals surface area contributed by atoms with Crippen molar-refractivity contribution in [3.8, 4) is 0 Å². The summed E-state index contributed by atoms with van der Waals surface area (Å²) >= 11 is 0. The van der Waals surface area contributed by atoms with Gasteiger partial charge in [0.25, 0.3) is 0 Å². The van der Waals surface area contributed by atoms with Crippen molar-refractivity contribution in [1.29, 1.82) is 0 Å². The number of rotatable bonds is 2. The number of ether oxygens (including phenoxy) is 1. The van der Waals surface area contributed by atoms with Crippen LogP contribution in [0.15, 0.2) is 4.99 Å². The predicted molar refractivity (Wildman–Crippen MR) is 122 cm³/mol. The third-order valence-corrected chi connectivity index (χ3v) is 5.20. The highest BCUT2D eigenvalue weighted by molar-refractivity contribution is 14.0. The second-order valence-corrected chi connectivity index (χ2v) is 9.19. The zero-order valence-electron chi connectivity index (χ0n) is 18.0. The van der Waals surface area contributed by atoms with Crippen LogP contribution in [0.1, 0.15) is 53.9 Å². The van der Waals surface area contributed by atoms with Crippen LogP contribution in [0.2, 0.25) is 0 Å². The fourth-order valence-corrected chi connectivity index (χ4v) is 4.05. The molecule has 27 heavy (non-hydrogen) atoms. The van der Waals surface area contributed by atoms with Gasteiger partial charge in [-0.3, -0.25) is 4.99 Å². The van der Waals surface area contributed by atoms with E-state index in [1.807, 2.05) is 32.7 Å². The average Bonchev–Trinajstić information content (AvgIpc) is 2.53. The van der Waals surface area contributed by atoms with Gasteiger partial charge in [0.05, 0.1) is 0 Å². The SMILES string of the molecule is CN=C(NCC1CCN(C(=O)OC(C)(C)C)CC1)N1CC(C)CC(C)C1.I. The van der Waals surface area contributed by atoms with Gasteiger partial charge < -0.3 is 19.9 Å². The first kappa shape index (κ1) is 24.3. The Balaban J connectivity index is 0.00000364. The highest BCUT2D eigenvalue weighted by atomic mass is 127. The molecule has 0 bridgehead atoms. The molecule has 0 aliphatic carbocycles. The van der Waals surface area contributed by atoms with Crippen molar-refractivity contribution >= 4 is 36.0 Å². The smallest absolute Gasteiger partial charge is 0.410 e. The Hall–Kier alpha value is -0.730. The number of hydrogen-bond donors (Lipinski definition) is 1. The maximum absolute atomic E-state index is 12.2. The number of nitrogens with one attached hydrogen (secondary N) is 1. The van der Waals surface area contributed by atoms with E-state index in [0.29, 0.717) is 5.92 Å². The molecule has 2 fully saturated rings. The Morgan fingerprint density at radius 3 is 2.15 bits per heavy atom. The molecule has 2 aliphatic heterocycles. The predicted octanol–water partition coefficient (Wildman–Crippen LogP) is 3.80. The van der Waals surface area contributed by atoms with Crippen LogP contribution in [0, 0.1) is 17.8 Å². The summed E-state index contributed by atoms with van der Waals surface area (Å²) < 4.78 is 5.47. The fourth-order valence-electron chi connectivity index (χ4n) is 4.05. The summed E-state index contributed by atoms with van der Waals surface area (Å²) in [6.45, 7) is 15.0. The lowest BCUT2D eigenvalue weighted by molar-refractivity contribution is 0.0185. The lowest BCUT2D eigenvalue weighted by atomic mass is 9.92. The minimum absolute atomic E-state index is 0. The monoisotopic (exact) mass is 494 g/mol. The molecule has 0 radical (unpaired) electrons. The van der Waals surface area contributed by atoms with Crippen molar-refractivity contribution in [1.82, 2.24) is 15.1 Å². The third kappa shape index (κ3) is 8.03. The average molecular weight is 494 g/mol. The third-order valence-electron chi connectivity index (χ3n) is 5.20. The van der Waals surface area contributed by atoms with Gasteiger partial charge in [0.2, 0.25) is 0 Å². The van der Waals surface area contributed by atoms with Crippen molar-refractivity contribution in [2.24, 2.45) is 22.7 Å². The number of carbonyl (C=O) groups excluding carboxylic acids is 1. The fraction of sp³-hybridized carbons (Fsp3) is 0.900. The summed E-state index contributed by atoms with van der Waals surface area (Å²) in [6.07, 6.45) is 3.14. The zero-order chi connectivity index (χ0) is 19.3. The number of carbonyl (C=O) groups is 1. The molecule has 0 saturated carbocycles. The Bertz CT molecular complexity index is 489. The summed E-state index contributed by atoms with van der Waals surface area (Å²) in [5, 5.41) is 3.57. The van der Waals surface area contributed by atoms with E-state index in [9.17, 15) is 4.79 Å². The maximum atomic E-state index is 12.2. The molecule has 1 amide bonds. The molecule has 0 spiro atoms. The van der Waals surface area contributed by atoms with Gasteiger partial charge in [-0.2, -0.15) is 0 Å². The van der Waals surface area contributed by atoms with Crippen molar-refractivity contribution in [3.05, 3.63) is 0 Å². The Morgan fingerprint density at radius 2 is 1.67 bits per heavy atom. The number of piperidine rings is 2. The Morgan fingerprint density at radius 1 is 1.11 bits per heavy atom. The molecule has 2 aliphatic rings. The highest BCUT2D eigenvalue weighted by Gasteiger charge is 2.28. The second-order valence-electron chi connectivity index (χ2n) is 9.19. The summed E-state index contributed by atoms with van der Waals surface area (Å²) in [7, 11) is 1.87. The van der Waals surface area contributed by atoms with Crippen LogP contribution < -0.4 is 5.32 Å². The van der Waals surface area contributed by atoms with E-state index in [1.54, 1.807) is 0 Å². The number of aliphatic imine (C=N–C) groups is 1. The van der Waals surface area contributed by atoms with Gasteiger partial charge in [-0.15, -0.1) is 24.0 Å². The molecular formula is C20H39IN4O2. The van der Waals surface area contributed by atoms with Gasteiger partial charge in [0, 0.05) is 39.8 Å². The van der Waals surface area contributed by atoms with Crippen molar-refractivity contribution < 1.29 is 9.53 Å². The van der Waals surface area contributed by atoms with Gasteiger partial charge in [0.15, 0.2) is 5.96 Å². The summed E-state index contributed by atoms with van der Waals surface area (Å²) in [6, 6.07) is 0. The van der Waals surface area contributed by atoms with Crippen LogP contribution in [-0.2, 0) is 4.74 Å². The first-order chi connectivity index (χ1) is 12.2. The number of likely N-dealkylation sites (tertiary alicyclic amines) is 2. The van der Waals surface area contributed by atoms with E-state index in [2.05, 4.69) is 29.1 Å². The van der Waals surface area contributed by atoms with Crippen molar-refractivity contribution in [2.45, 2.75) is 59.5 Å². The number of amides is 1. The lowest BCUT2D eigenvalue weighted by Crippen LogP contribution is -2.50. The summed E-state index contributed by atoms with van der Waals surface area (Å²) in [5.74, 6) is 3.03. The molecule has 6 nitrogen and oxygen atoms in total. The first-order valence-corrected chi connectivity index (χ1v) is 10.1. The summed E-state index contributed by atoms with van der Waals surface area (Å²) in [5.41, 5.74) is -0.426. The molecule has 158 valence electrons. The number of hydrogen-bond acceptors (Lipinski definition) is 3. The van der Waals surface area contributed by atoms with Crippen LogP contribution in [0.25, 0.3) is 0 Å².